The molecule has 0 bridgehead atoms. The van der Waals surface area contributed by atoms with E-state index in [1.165, 1.54) is 6.20 Å². The number of anilines is 1. The number of nitriles is 1. The number of nitrogens with one attached hydrogen (secondary N) is 1. The summed E-state index contributed by atoms with van der Waals surface area (Å²) in [7, 11) is 0. The number of amides is 1. The van der Waals surface area contributed by atoms with E-state index in [1.54, 1.807) is 57.2 Å². The molecule has 23 heavy (non-hydrogen) atoms. The number of benzene rings is 1. The van der Waals surface area contributed by atoms with Crippen molar-refractivity contribution in [2.75, 3.05) is 5.32 Å². The summed E-state index contributed by atoms with van der Waals surface area (Å²) in [4.78, 5) is 15.7. The van der Waals surface area contributed by atoms with Crippen LogP contribution in [0.15, 0.2) is 42.6 Å². The first-order valence-electron chi connectivity index (χ1n) is 7.00. The smallest absolute Gasteiger partial charge is 0.413 e. The molecule has 0 aliphatic rings. The molecule has 1 aromatic carbocycles. The van der Waals surface area contributed by atoms with Crippen LogP contribution in [0.5, 0.6) is 11.5 Å². The van der Waals surface area contributed by atoms with Crippen LogP contribution in [-0.2, 0) is 4.74 Å². The maximum atomic E-state index is 11.6. The van der Waals surface area contributed by atoms with Gasteiger partial charge in [-0.25, -0.2) is 9.78 Å². The van der Waals surface area contributed by atoms with Crippen molar-refractivity contribution in [1.29, 1.82) is 5.26 Å². The summed E-state index contributed by atoms with van der Waals surface area (Å²) in [5, 5.41) is 11.3. The zero-order chi connectivity index (χ0) is 16.9. The van der Waals surface area contributed by atoms with E-state index in [0.29, 0.717) is 22.9 Å². The van der Waals surface area contributed by atoms with Gasteiger partial charge in [-0.3, -0.25) is 5.32 Å². The molecule has 1 N–H and O–H groups in total. The van der Waals surface area contributed by atoms with Gasteiger partial charge < -0.3 is 9.47 Å². The van der Waals surface area contributed by atoms with Gasteiger partial charge in [-0.15, -0.1) is 0 Å². The minimum atomic E-state index is -0.567. The molecule has 6 heteroatoms. The molecule has 118 valence electrons. The van der Waals surface area contributed by atoms with Gasteiger partial charge in [0.25, 0.3) is 0 Å². The van der Waals surface area contributed by atoms with Crippen LogP contribution in [0.1, 0.15) is 26.3 Å². The molecule has 2 aromatic rings. The van der Waals surface area contributed by atoms with Crippen molar-refractivity contribution in [1.82, 2.24) is 4.98 Å². The van der Waals surface area contributed by atoms with Gasteiger partial charge in [0.1, 0.15) is 22.9 Å². The summed E-state index contributed by atoms with van der Waals surface area (Å²) in [5.74, 6) is 1.48. The van der Waals surface area contributed by atoms with Crippen LogP contribution < -0.4 is 10.1 Å². The lowest BCUT2D eigenvalue weighted by atomic mass is 10.2. The molecule has 0 spiro atoms. The van der Waals surface area contributed by atoms with Crippen LogP contribution in [0.25, 0.3) is 0 Å². The van der Waals surface area contributed by atoms with Gasteiger partial charge in [-0.1, -0.05) is 0 Å². The van der Waals surface area contributed by atoms with E-state index in [1.807, 2.05) is 6.07 Å². The molecule has 1 amide bonds. The number of aromatic nitrogens is 1. The minimum absolute atomic E-state index is 0.367. The fourth-order valence-corrected chi connectivity index (χ4v) is 1.66. The molecule has 0 radical (unpaired) electrons. The van der Waals surface area contributed by atoms with Gasteiger partial charge in [0, 0.05) is 0 Å². The van der Waals surface area contributed by atoms with E-state index in [2.05, 4.69) is 10.3 Å². The number of hydrogen-bond donors (Lipinski definition) is 1. The summed E-state index contributed by atoms with van der Waals surface area (Å²) >= 11 is 0. The molecule has 0 saturated heterocycles. The quantitative estimate of drug-likeness (QED) is 0.922. The number of rotatable bonds is 3. The largest absolute Gasteiger partial charge is 0.456 e. The fourth-order valence-electron chi connectivity index (χ4n) is 1.66. The maximum Gasteiger partial charge on any atom is 0.413 e. The number of nitrogens with zero attached hydrogens (tertiary/aromatic N) is 2. The average Bonchev–Trinajstić information content (AvgIpc) is 2.48. The molecule has 1 heterocycles. The Hall–Kier alpha value is -3.07. The van der Waals surface area contributed by atoms with Crippen LogP contribution in [0.2, 0.25) is 0 Å². The standard InChI is InChI=1S/C17H17N3O3/c1-17(2,3)23-16(21)20-15-9-8-14(11-19-15)22-13-6-4-12(10-18)5-7-13/h4-9,11H,1-3H3,(H,19,20,21). The topological polar surface area (TPSA) is 84.2 Å². The van der Waals surface area contributed by atoms with E-state index >= 15 is 0 Å². The SMILES string of the molecule is CC(C)(C)OC(=O)Nc1ccc(Oc2ccc(C#N)cc2)cn1. The summed E-state index contributed by atoms with van der Waals surface area (Å²) in [6.07, 6.45) is 0.927. The van der Waals surface area contributed by atoms with E-state index in [-0.39, 0.29) is 0 Å². The number of carbonyl (C=O) groups excluding carboxylic acids is 1. The number of pyridine rings is 1. The number of carbonyl (C=O) groups is 1. The molecule has 0 fully saturated rings. The Kier molecular flexibility index (Phi) is 4.82. The van der Waals surface area contributed by atoms with Crippen LogP contribution in [0, 0.1) is 11.3 Å². The molecule has 0 unspecified atom stereocenters. The van der Waals surface area contributed by atoms with Crippen molar-refractivity contribution in [2.45, 2.75) is 26.4 Å². The Morgan fingerprint density at radius 1 is 1.13 bits per heavy atom. The van der Waals surface area contributed by atoms with Crippen LogP contribution in [0.4, 0.5) is 10.6 Å². The van der Waals surface area contributed by atoms with Crippen molar-refractivity contribution in [2.24, 2.45) is 0 Å². The first-order chi connectivity index (χ1) is 10.9. The van der Waals surface area contributed by atoms with Gasteiger partial charge in [0.05, 0.1) is 17.8 Å². The van der Waals surface area contributed by atoms with Gasteiger partial charge in [-0.2, -0.15) is 5.26 Å². The lowest BCUT2D eigenvalue weighted by Gasteiger charge is -2.19. The van der Waals surface area contributed by atoms with E-state index in [4.69, 9.17) is 14.7 Å². The predicted molar refractivity (Wildman–Crippen MR) is 85.3 cm³/mol. The van der Waals surface area contributed by atoms with Gasteiger partial charge in [0.15, 0.2) is 0 Å². The lowest BCUT2D eigenvalue weighted by molar-refractivity contribution is 0.0635. The van der Waals surface area contributed by atoms with E-state index in [0.717, 1.165) is 0 Å². The molecular formula is C17H17N3O3. The zero-order valence-electron chi connectivity index (χ0n) is 13.2. The molecule has 0 atom stereocenters. The van der Waals surface area contributed by atoms with Crippen molar-refractivity contribution in [3.63, 3.8) is 0 Å². The highest BCUT2D eigenvalue weighted by Crippen LogP contribution is 2.22. The zero-order valence-corrected chi connectivity index (χ0v) is 13.2. The van der Waals surface area contributed by atoms with E-state index in [9.17, 15) is 4.79 Å². The minimum Gasteiger partial charge on any atom is -0.456 e. The fraction of sp³-hybridized carbons (Fsp3) is 0.235. The second-order valence-corrected chi connectivity index (χ2v) is 5.74. The highest BCUT2D eigenvalue weighted by molar-refractivity contribution is 5.83. The van der Waals surface area contributed by atoms with Crippen LogP contribution in [-0.4, -0.2) is 16.7 Å². The molecule has 0 saturated carbocycles. The summed E-state index contributed by atoms with van der Waals surface area (Å²) in [6, 6.07) is 12.1. The summed E-state index contributed by atoms with van der Waals surface area (Å²) in [5.41, 5.74) is -0.00435. The Morgan fingerprint density at radius 3 is 2.30 bits per heavy atom. The monoisotopic (exact) mass is 311 g/mol. The summed E-state index contributed by atoms with van der Waals surface area (Å²) in [6.45, 7) is 5.36. The van der Waals surface area contributed by atoms with Gasteiger partial charge in [-0.05, 0) is 57.2 Å². The Balaban J connectivity index is 1.96. The Bertz CT molecular complexity index is 711. The third kappa shape index (κ3) is 5.32. The van der Waals surface area contributed by atoms with Crippen molar-refractivity contribution in [3.05, 3.63) is 48.2 Å². The summed E-state index contributed by atoms with van der Waals surface area (Å²) < 4.78 is 10.7. The Morgan fingerprint density at radius 2 is 1.78 bits per heavy atom. The predicted octanol–water partition coefficient (Wildman–Crippen LogP) is 4.09. The van der Waals surface area contributed by atoms with Crippen molar-refractivity contribution >= 4 is 11.9 Å². The van der Waals surface area contributed by atoms with Crippen LogP contribution in [0.3, 0.4) is 0 Å². The average molecular weight is 311 g/mol. The normalized spacial score (nSPS) is 10.5. The van der Waals surface area contributed by atoms with E-state index < -0.39 is 11.7 Å². The molecule has 0 aliphatic carbocycles. The maximum absolute atomic E-state index is 11.6. The third-order valence-electron chi connectivity index (χ3n) is 2.58. The van der Waals surface area contributed by atoms with Gasteiger partial charge in [0.2, 0.25) is 0 Å². The first kappa shape index (κ1) is 16.3. The molecular weight excluding hydrogens is 294 g/mol. The number of ether oxygens (including phenoxy) is 2. The second kappa shape index (κ2) is 6.79. The highest BCUT2D eigenvalue weighted by atomic mass is 16.6. The number of hydrogen-bond acceptors (Lipinski definition) is 5. The van der Waals surface area contributed by atoms with Gasteiger partial charge >= 0.3 is 6.09 Å². The lowest BCUT2D eigenvalue weighted by Crippen LogP contribution is -2.27. The second-order valence-electron chi connectivity index (χ2n) is 5.74. The first-order valence-corrected chi connectivity index (χ1v) is 7.00. The molecule has 0 aliphatic heterocycles. The van der Waals surface area contributed by atoms with Crippen molar-refractivity contribution in [3.8, 4) is 17.6 Å². The highest BCUT2D eigenvalue weighted by Gasteiger charge is 2.16. The van der Waals surface area contributed by atoms with Crippen molar-refractivity contribution < 1.29 is 14.3 Å². The third-order valence-corrected chi connectivity index (χ3v) is 2.58. The molecule has 1 aromatic heterocycles. The molecule has 2 rings (SSSR count). The van der Waals surface area contributed by atoms with Crippen LogP contribution >= 0.6 is 0 Å². The Labute approximate surface area is 134 Å². The molecule has 6 nitrogen and oxygen atoms in total.